The SMILES string of the molecule is Cc1ccc(C(=O)N(C)C[C@@H]2CCN(C)C2)cc1Oc1ccncc1. The Hall–Kier alpha value is -2.40. The summed E-state index contributed by atoms with van der Waals surface area (Å²) in [7, 11) is 4.01. The van der Waals surface area contributed by atoms with E-state index in [9.17, 15) is 4.79 Å². The molecule has 1 atom stereocenters. The Morgan fingerprint density at radius 1 is 1.32 bits per heavy atom. The van der Waals surface area contributed by atoms with E-state index in [4.69, 9.17) is 4.74 Å². The maximum atomic E-state index is 12.8. The normalized spacial score (nSPS) is 17.5. The predicted molar refractivity (Wildman–Crippen MR) is 98.1 cm³/mol. The minimum Gasteiger partial charge on any atom is -0.457 e. The van der Waals surface area contributed by atoms with E-state index in [0.29, 0.717) is 23.0 Å². The Morgan fingerprint density at radius 3 is 2.76 bits per heavy atom. The molecule has 1 aliphatic rings. The van der Waals surface area contributed by atoms with Crippen molar-refractivity contribution in [2.45, 2.75) is 13.3 Å². The number of carbonyl (C=O) groups excluding carboxylic acids is 1. The van der Waals surface area contributed by atoms with Crippen LogP contribution in [0, 0.1) is 12.8 Å². The highest BCUT2D eigenvalue weighted by atomic mass is 16.5. The van der Waals surface area contributed by atoms with E-state index in [1.165, 1.54) is 0 Å². The van der Waals surface area contributed by atoms with Crippen molar-refractivity contribution in [1.82, 2.24) is 14.8 Å². The van der Waals surface area contributed by atoms with Gasteiger partial charge in [0.05, 0.1) is 0 Å². The Morgan fingerprint density at radius 2 is 2.08 bits per heavy atom. The summed E-state index contributed by atoms with van der Waals surface area (Å²) in [6, 6.07) is 9.23. The van der Waals surface area contributed by atoms with Crippen LogP contribution in [0.2, 0.25) is 0 Å². The van der Waals surface area contributed by atoms with Crippen LogP contribution in [0.4, 0.5) is 0 Å². The zero-order valence-corrected chi connectivity index (χ0v) is 15.1. The summed E-state index contributed by atoms with van der Waals surface area (Å²) in [5, 5.41) is 0. The second-order valence-electron chi connectivity index (χ2n) is 6.87. The van der Waals surface area contributed by atoms with Crippen LogP contribution in [-0.4, -0.2) is 54.4 Å². The number of rotatable bonds is 5. The summed E-state index contributed by atoms with van der Waals surface area (Å²) in [5.74, 6) is 2.00. The zero-order valence-electron chi connectivity index (χ0n) is 15.1. The van der Waals surface area contributed by atoms with Crippen LogP contribution in [0.3, 0.4) is 0 Å². The predicted octanol–water partition coefficient (Wildman–Crippen LogP) is 3.21. The van der Waals surface area contributed by atoms with E-state index in [0.717, 1.165) is 31.6 Å². The van der Waals surface area contributed by atoms with Crippen molar-refractivity contribution in [2.24, 2.45) is 5.92 Å². The van der Waals surface area contributed by atoms with Crippen LogP contribution in [0.1, 0.15) is 22.3 Å². The van der Waals surface area contributed by atoms with Crippen molar-refractivity contribution in [2.75, 3.05) is 33.7 Å². The van der Waals surface area contributed by atoms with E-state index in [2.05, 4.69) is 16.9 Å². The molecule has 1 saturated heterocycles. The molecule has 5 nitrogen and oxygen atoms in total. The number of aromatic nitrogens is 1. The lowest BCUT2D eigenvalue weighted by Crippen LogP contribution is -2.32. The van der Waals surface area contributed by atoms with E-state index in [-0.39, 0.29) is 5.91 Å². The lowest BCUT2D eigenvalue weighted by Gasteiger charge is -2.22. The molecule has 25 heavy (non-hydrogen) atoms. The second-order valence-corrected chi connectivity index (χ2v) is 6.87. The van der Waals surface area contributed by atoms with Crippen LogP contribution in [0.5, 0.6) is 11.5 Å². The summed E-state index contributed by atoms with van der Waals surface area (Å²) in [6.45, 7) is 4.93. The number of benzene rings is 1. The van der Waals surface area contributed by atoms with Crippen LogP contribution >= 0.6 is 0 Å². The highest BCUT2D eigenvalue weighted by Gasteiger charge is 2.23. The number of amides is 1. The van der Waals surface area contributed by atoms with Gasteiger partial charge in [-0.2, -0.15) is 0 Å². The average Bonchev–Trinajstić information content (AvgIpc) is 3.02. The fourth-order valence-corrected chi connectivity index (χ4v) is 3.24. The van der Waals surface area contributed by atoms with Gasteiger partial charge < -0.3 is 14.5 Å². The second kappa shape index (κ2) is 7.66. The standard InChI is InChI=1S/C20H25N3O2/c1-15-4-5-17(12-19(15)25-18-6-9-21-10-7-18)20(24)23(3)14-16-8-11-22(2)13-16/h4-7,9-10,12,16H,8,11,13-14H2,1-3H3/t16-/m1/s1. The number of aryl methyl sites for hydroxylation is 1. The molecule has 132 valence electrons. The molecule has 0 saturated carbocycles. The first kappa shape index (κ1) is 17.4. The van der Waals surface area contributed by atoms with E-state index in [1.54, 1.807) is 24.5 Å². The molecule has 2 aromatic rings. The van der Waals surface area contributed by atoms with Crippen LogP contribution < -0.4 is 4.74 Å². The molecule has 1 aromatic carbocycles. The van der Waals surface area contributed by atoms with Crippen LogP contribution in [0.15, 0.2) is 42.7 Å². The molecule has 0 unspecified atom stereocenters. The molecule has 5 heteroatoms. The van der Waals surface area contributed by atoms with Crippen molar-refractivity contribution >= 4 is 5.91 Å². The highest BCUT2D eigenvalue weighted by Crippen LogP contribution is 2.26. The number of carbonyl (C=O) groups is 1. The smallest absolute Gasteiger partial charge is 0.253 e. The van der Waals surface area contributed by atoms with Gasteiger partial charge in [-0.25, -0.2) is 0 Å². The monoisotopic (exact) mass is 339 g/mol. The molecule has 1 fully saturated rings. The molecular formula is C20H25N3O2. The number of likely N-dealkylation sites (tertiary alicyclic amines) is 1. The number of ether oxygens (including phenoxy) is 1. The van der Waals surface area contributed by atoms with Gasteiger partial charge in [-0.3, -0.25) is 9.78 Å². The average molecular weight is 339 g/mol. The van der Waals surface area contributed by atoms with E-state index in [1.807, 2.05) is 37.1 Å². The van der Waals surface area contributed by atoms with Gasteiger partial charge in [-0.15, -0.1) is 0 Å². The topological polar surface area (TPSA) is 45.7 Å². The minimum absolute atomic E-state index is 0.0362. The Labute approximate surface area is 149 Å². The summed E-state index contributed by atoms with van der Waals surface area (Å²) >= 11 is 0. The van der Waals surface area contributed by atoms with Crippen molar-refractivity contribution in [3.8, 4) is 11.5 Å². The fourth-order valence-electron chi connectivity index (χ4n) is 3.24. The number of nitrogens with zero attached hydrogens (tertiary/aromatic N) is 3. The summed E-state index contributed by atoms with van der Waals surface area (Å²) in [4.78, 5) is 20.9. The quantitative estimate of drug-likeness (QED) is 0.839. The van der Waals surface area contributed by atoms with Gasteiger partial charge in [-0.05, 0) is 62.7 Å². The summed E-state index contributed by atoms with van der Waals surface area (Å²) in [6.07, 6.45) is 4.52. The number of pyridine rings is 1. The zero-order chi connectivity index (χ0) is 17.8. The molecule has 1 amide bonds. The molecule has 0 aliphatic carbocycles. The molecular weight excluding hydrogens is 314 g/mol. The van der Waals surface area contributed by atoms with Crippen LogP contribution in [-0.2, 0) is 0 Å². The number of hydrogen-bond acceptors (Lipinski definition) is 4. The molecule has 0 spiro atoms. The minimum atomic E-state index is 0.0362. The third-order valence-electron chi connectivity index (χ3n) is 4.68. The van der Waals surface area contributed by atoms with Gasteiger partial charge in [-0.1, -0.05) is 6.07 Å². The highest BCUT2D eigenvalue weighted by molar-refractivity contribution is 5.94. The van der Waals surface area contributed by atoms with Gasteiger partial charge in [0.25, 0.3) is 5.91 Å². The van der Waals surface area contributed by atoms with Crippen LogP contribution in [0.25, 0.3) is 0 Å². The van der Waals surface area contributed by atoms with Crippen molar-refractivity contribution < 1.29 is 9.53 Å². The third-order valence-corrected chi connectivity index (χ3v) is 4.68. The van der Waals surface area contributed by atoms with Crippen molar-refractivity contribution in [3.63, 3.8) is 0 Å². The lowest BCUT2D eigenvalue weighted by molar-refractivity contribution is 0.0773. The van der Waals surface area contributed by atoms with Gasteiger partial charge in [0.15, 0.2) is 0 Å². The van der Waals surface area contributed by atoms with Gasteiger partial charge >= 0.3 is 0 Å². The largest absolute Gasteiger partial charge is 0.457 e. The maximum Gasteiger partial charge on any atom is 0.253 e. The lowest BCUT2D eigenvalue weighted by atomic mass is 10.1. The molecule has 0 N–H and O–H groups in total. The Bertz CT molecular complexity index is 733. The first-order chi connectivity index (χ1) is 12.0. The van der Waals surface area contributed by atoms with E-state index < -0.39 is 0 Å². The number of hydrogen-bond donors (Lipinski definition) is 0. The first-order valence-corrected chi connectivity index (χ1v) is 8.65. The Balaban J connectivity index is 1.71. The maximum absolute atomic E-state index is 12.8. The fraction of sp³-hybridized carbons (Fsp3) is 0.400. The molecule has 1 aromatic heterocycles. The summed E-state index contributed by atoms with van der Waals surface area (Å²) < 4.78 is 5.91. The molecule has 0 bridgehead atoms. The van der Waals surface area contributed by atoms with Crippen molar-refractivity contribution in [3.05, 3.63) is 53.9 Å². The first-order valence-electron chi connectivity index (χ1n) is 8.65. The van der Waals surface area contributed by atoms with Crippen molar-refractivity contribution in [1.29, 1.82) is 0 Å². The molecule has 3 rings (SSSR count). The van der Waals surface area contributed by atoms with Gasteiger partial charge in [0.1, 0.15) is 11.5 Å². The Kier molecular flexibility index (Phi) is 5.34. The van der Waals surface area contributed by atoms with E-state index >= 15 is 0 Å². The summed E-state index contributed by atoms with van der Waals surface area (Å²) in [5.41, 5.74) is 1.65. The van der Waals surface area contributed by atoms with Gasteiger partial charge in [0.2, 0.25) is 0 Å². The molecule has 1 aliphatic heterocycles. The molecule has 2 heterocycles. The molecule has 0 radical (unpaired) electrons. The third kappa shape index (κ3) is 4.37. The van der Waals surface area contributed by atoms with Gasteiger partial charge in [0, 0.05) is 38.1 Å².